The van der Waals surface area contributed by atoms with E-state index in [0.29, 0.717) is 24.3 Å². The van der Waals surface area contributed by atoms with Crippen molar-refractivity contribution in [2.45, 2.75) is 38.0 Å². The maximum atomic E-state index is 12.8. The fourth-order valence-corrected chi connectivity index (χ4v) is 4.19. The Balaban J connectivity index is 1.56. The predicted octanol–water partition coefficient (Wildman–Crippen LogP) is 2.78. The summed E-state index contributed by atoms with van der Waals surface area (Å²) in [4.78, 5) is 14.8. The van der Waals surface area contributed by atoms with Gasteiger partial charge in [0, 0.05) is 19.0 Å². The summed E-state index contributed by atoms with van der Waals surface area (Å²) in [6.07, 6.45) is 5.41. The number of nitrogens with two attached hydrogens (primary N) is 1. The molecule has 2 fully saturated rings. The molecular formula is C19H28N2O2. The quantitative estimate of drug-likeness (QED) is 0.929. The Bertz CT molecular complexity index is 521. The van der Waals surface area contributed by atoms with E-state index in [0.717, 1.165) is 50.9 Å². The van der Waals surface area contributed by atoms with Gasteiger partial charge in [0.15, 0.2) is 0 Å². The highest BCUT2D eigenvalue weighted by molar-refractivity contribution is 5.79. The van der Waals surface area contributed by atoms with Gasteiger partial charge in [-0.1, -0.05) is 18.6 Å². The molecule has 1 aromatic rings. The van der Waals surface area contributed by atoms with E-state index in [-0.39, 0.29) is 5.92 Å². The maximum absolute atomic E-state index is 12.8. The molecule has 0 spiro atoms. The first-order valence-corrected chi connectivity index (χ1v) is 8.85. The van der Waals surface area contributed by atoms with Gasteiger partial charge < -0.3 is 15.4 Å². The summed E-state index contributed by atoms with van der Waals surface area (Å²) in [5, 5.41) is 0. The molecule has 2 N–H and O–H groups in total. The zero-order valence-corrected chi connectivity index (χ0v) is 14.0. The van der Waals surface area contributed by atoms with E-state index in [9.17, 15) is 4.79 Å². The number of likely N-dealkylation sites (tertiary alicyclic amines) is 1. The van der Waals surface area contributed by atoms with Crippen LogP contribution in [0.15, 0.2) is 24.3 Å². The predicted molar refractivity (Wildman–Crippen MR) is 91.4 cm³/mol. The summed E-state index contributed by atoms with van der Waals surface area (Å²) in [6, 6.07) is 8.36. The molecule has 0 radical (unpaired) electrons. The largest absolute Gasteiger partial charge is 0.497 e. The van der Waals surface area contributed by atoms with Crippen LogP contribution in [0.25, 0.3) is 0 Å². The number of rotatable bonds is 4. The number of hydrogen-bond acceptors (Lipinski definition) is 3. The first kappa shape index (κ1) is 16.3. The molecule has 1 aliphatic carbocycles. The Hall–Kier alpha value is -1.55. The van der Waals surface area contributed by atoms with Crippen LogP contribution in [0.3, 0.4) is 0 Å². The standard InChI is InChI=1S/C19H28N2O2/c1-23-17-7-5-14(6-8-17)15-9-11-21(12-10-15)19(22)18-4-2-3-16(18)13-20/h5-8,15-16,18H,2-4,9-13,20H2,1H3/t16-,18-/m1/s1. The second-order valence-electron chi connectivity index (χ2n) is 6.91. The fourth-order valence-electron chi connectivity index (χ4n) is 4.19. The van der Waals surface area contributed by atoms with E-state index in [1.54, 1.807) is 7.11 Å². The fraction of sp³-hybridized carbons (Fsp3) is 0.632. The van der Waals surface area contributed by atoms with Crippen molar-refractivity contribution in [2.75, 3.05) is 26.7 Å². The van der Waals surface area contributed by atoms with Crippen LogP contribution < -0.4 is 10.5 Å². The lowest BCUT2D eigenvalue weighted by Crippen LogP contribution is -2.43. The summed E-state index contributed by atoms with van der Waals surface area (Å²) < 4.78 is 5.22. The molecule has 1 amide bonds. The third-order valence-corrected chi connectivity index (χ3v) is 5.67. The van der Waals surface area contributed by atoms with Crippen molar-refractivity contribution >= 4 is 5.91 Å². The van der Waals surface area contributed by atoms with Crippen LogP contribution in [-0.4, -0.2) is 37.6 Å². The average molecular weight is 316 g/mol. The second kappa shape index (κ2) is 7.35. The zero-order chi connectivity index (χ0) is 16.2. The summed E-state index contributed by atoms with van der Waals surface area (Å²) in [5.41, 5.74) is 7.19. The van der Waals surface area contributed by atoms with E-state index < -0.39 is 0 Å². The zero-order valence-electron chi connectivity index (χ0n) is 14.0. The lowest BCUT2D eigenvalue weighted by atomic mass is 9.88. The normalized spacial score (nSPS) is 25.6. The van der Waals surface area contributed by atoms with Crippen LogP contribution in [0.2, 0.25) is 0 Å². The van der Waals surface area contributed by atoms with Crippen LogP contribution in [0.4, 0.5) is 0 Å². The molecule has 1 saturated heterocycles. The van der Waals surface area contributed by atoms with Crippen LogP contribution in [0, 0.1) is 11.8 Å². The summed E-state index contributed by atoms with van der Waals surface area (Å²) >= 11 is 0. The van der Waals surface area contributed by atoms with Crippen LogP contribution in [-0.2, 0) is 4.79 Å². The van der Waals surface area contributed by atoms with Gasteiger partial charge in [0.2, 0.25) is 5.91 Å². The summed E-state index contributed by atoms with van der Waals surface area (Å²) in [5.74, 6) is 2.39. The van der Waals surface area contributed by atoms with Crippen molar-refractivity contribution in [1.82, 2.24) is 4.90 Å². The minimum absolute atomic E-state index is 0.178. The maximum Gasteiger partial charge on any atom is 0.226 e. The van der Waals surface area contributed by atoms with Crippen molar-refractivity contribution in [1.29, 1.82) is 0 Å². The molecule has 1 aliphatic heterocycles. The minimum atomic E-state index is 0.178. The Morgan fingerprint density at radius 3 is 2.48 bits per heavy atom. The van der Waals surface area contributed by atoms with Gasteiger partial charge >= 0.3 is 0 Å². The minimum Gasteiger partial charge on any atom is -0.497 e. The molecule has 23 heavy (non-hydrogen) atoms. The Kier molecular flexibility index (Phi) is 5.21. The Labute approximate surface area is 139 Å². The highest BCUT2D eigenvalue weighted by Gasteiger charge is 2.35. The lowest BCUT2D eigenvalue weighted by Gasteiger charge is -2.35. The SMILES string of the molecule is COc1ccc(C2CCN(C(=O)[C@@H]3CCC[C@@H]3CN)CC2)cc1. The van der Waals surface area contributed by atoms with E-state index in [4.69, 9.17) is 10.5 Å². The number of piperidine rings is 1. The molecule has 2 aliphatic rings. The lowest BCUT2D eigenvalue weighted by molar-refractivity contribution is -0.137. The van der Waals surface area contributed by atoms with Crippen LogP contribution in [0.1, 0.15) is 43.6 Å². The van der Waals surface area contributed by atoms with Crippen molar-refractivity contribution in [3.05, 3.63) is 29.8 Å². The van der Waals surface area contributed by atoms with E-state index in [1.165, 1.54) is 5.56 Å². The third kappa shape index (κ3) is 3.52. The number of hydrogen-bond donors (Lipinski definition) is 1. The van der Waals surface area contributed by atoms with Crippen molar-refractivity contribution in [3.63, 3.8) is 0 Å². The number of benzene rings is 1. The van der Waals surface area contributed by atoms with Gasteiger partial charge in [-0.25, -0.2) is 0 Å². The highest BCUT2D eigenvalue weighted by Crippen LogP contribution is 2.35. The average Bonchev–Trinajstić information content (AvgIpc) is 3.10. The molecule has 3 rings (SSSR count). The molecule has 1 heterocycles. The molecule has 4 nitrogen and oxygen atoms in total. The topological polar surface area (TPSA) is 55.6 Å². The number of amides is 1. The van der Waals surface area contributed by atoms with Gasteiger partial charge in [0.25, 0.3) is 0 Å². The van der Waals surface area contributed by atoms with Gasteiger partial charge in [-0.05, 0) is 61.8 Å². The van der Waals surface area contributed by atoms with E-state index in [1.807, 2.05) is 12.1 Å². The first-order valence-electron chi connectivity index (χ1n) is 8.85. The van der Waals surface area contributed by atoms with Gasteiger partial charge in [-0.2, -0.15) is 0 Å². The van der Waals surface area contributed by atoms with Crippen LogP contribution in [0.5, 0.6) is 5.75 Å². The van der Waals surface area contributed by atoms with Crippen molar-refractivity contribution in [3.8, 4) is 5.75 Å². The van der Waals surface area contributed by atoms with E-state index in [2.05, 4.69) is 17.0 Å². The third-order valence-electron chi connectivity index (χ3n) is 5.67. The molecule has 0 aromatic heterocycles. The second-order valence-corrected chi connectivity index (χ2v) is 6.91. The number of methoxy groups -OCH3 is 1. The number of ether oxygens (including phenoxy) is 1. The monoisotopic (exact) mass is 316 g/mol. The van der Waals surface area contributed by atoms with Crippen LogP contribution >= 0.6 is 0 Å². The molecule has 1 saturated carbocycles. The Morgan fingerprint density at radius 2 is 1.87 bits per heavy atom. The highest BCUT2D eigenvalue weighted by atomic mass is 16.5. The van der Waals surface area contributed by atoms with Crippen molar-refractivity contribution in [2.24, 2.45) is 17.6 Å². The molecule has 4 heteroatoms. The van der Waals surface area contributed by atoms with Gasteiger partial charge in [0.1, 0.15) is 5.75 Å². The van der Waals surface area contributed by atoms with Gasteiger partial charge in [-0.3, -0.25) is 4.79 Å². The summed E-state index contributed by atoms with van der Waals surface area (Å²) in [6.45, 7) is 2.41. The molecule has 126 valence electrons. The smallest absolute Gasteiger partial charge is 0.226 e. The first-order chi connectivity index (χ1) is 11.2. The van der Waals surface area contributed by atoms with Gasteiger partial charge in [0.05, 0.1) is 7.11 Å². The number of carbonyl (C=O) groups excluding carboxylic acids is 1. The Morgan fingerprint density at radius 1 is 1.17 bits per heavy atom. The molecule has 1 aromatic carbocycles. The molecule has 2 atom stereocenters. The van der Waals surface area contributed by atoms with E-state index >= 15 is 0 Å². The molecular weight excluding hydrogens is 288 g/mol. The summed E-state index contributed by atoms with van der Waals surface area (Å²) in [7, 11) is 1.69. The number of nitrogens with zero attached hydrogens (tertiary/aromatic N) is 1. The molecule has 0 unspecified atom stereocenters. The van der Waals surface area contributed by atoms with Crippen molar-refractivity contribution < 1.29 is 9.53 Å². The number of carbonyl (C=O) groups is 1. The molecule has 0 bridgehead atoms. The van der Waals surface area contributed by atoms with Gasteiger partial charge in [-0.15, -0.1) is 0 Å².